The van der Waals surface area contributed by atoms with Crippen LogP contribution in [0.5, 0.6) is 5.75 Å². The van der Waals surface area contributed by atoms with E-state index >= 15 is 0 Å². The molecular formula is C24H30ClN3O3S. The van der Waals surface area contributed by atoms with Crippen molar-refractivity contribution >= 4 is 47.2 Å². The van der Waals surface area contributed by atoms with Crippen LogP contribution in [0.15, 0.2) is 47.4 Å². The van der Waals surface area contributed by atoms with Crippen molar-refractivity contribution in [1.82, 2.24) is 4.90 Å². The summed E-state index contributed by atoms with van der Waals surface area (Å²) in [6, 6.07) is 13.8. The van der Waals surface area contributed by atoms with Gasteiger partial charge in [-0.2, -0.15) is 0 Å². The normalized spacial score (nSPS) is 16.0. The van der Waals surface area contributed by atoms with Gasteiger partial charge in [0.25, 0.3) is 0 Å². The molecule has 2 aliphatic heterocycles. The second-order valence-electron chi connectivity index (χ2n) is 7.80. The molecule has 32 heavy (non-hydrogen) atoms. The molecule has 1 amide bonds. The Balaban J connectivity index is 0.00000289. The molecule has 0 aromatic heterocycles. The van der Waals surface area contributed by atoms with Gasteiger partial charge < -0.3 is 15.0 Å². The maximum absolute atomic E-state index is 12.6. The van der Waals surface area contributed by atoms with E-state index in [0.717, 1.165) is 61.2 Å². The number of hydrogen-bond donors (Lipinski definition) is 1. The number of ether oxygens (including phenoxy) is 1. The topological polar surface area (TPSA) is 61.9 Å². The van der Waals surface area contributed by atoms with Crippen molar-refractivity contribution in [3.63, 3.8) is 0 Å². The number of piperazine rings is 1. The van der Waals surface area contributed by atoms with E-state index in [9.17, 15) is 9.59 Å². The highest BCUT2D eigenvalue weighted by Crippen LogP contribution is 2.32. The first-order valence-corrected chi connectivity index (χ1v) is 11.9. The minimum atomic E-state index is -0.00915. The number of ketones is 1. The van der Waals surface area contributed by atoms with Crippen molar-refractivity contribution in [2.24, 2.45) is 0 Å². The molecule has 2 heterocycles. The van der Waals surface area contributed by atoms with Gasteiger partial charge >= 0.3 is 0 Å². The van der Waals surface area contributed by atoms with Crippen LogP contribution in [0.2, 0.25) is 0 Å². The smallest absolute Gasteiger partial charge is 0.234 e. The molecular weight excluding hydrogens is 446 g/mol. The molecule has 2 aromatic carbocycles. The third-order valence-electron chi connectivity index (χ3n) is 5.69. The monoisotopic (exact) mass is 475 g/mol. The van der Waals surface area contributed by atoms with Gasteiger partial charge in [-0.15, -0.1) is 24.2 Å². The Kier molecular flexibility index (Phi) is 8.84. The first-order chi connectivity index (χ1) is 15.1. The minimum Gasteiger partial charge on any atom is -0.492 e. The van der Waals surface area contributed by atoms with Crippen LogP contribution in [0.25, 0.3) is 0 Å². The number of carbonyl (C=O) groups excluding carboxylic acids is 2. The molecule has 1 fully saturated rings. The number of hydrogen-bond acceptors (Lipinski definition) is 6. The average Bonchev–Trinajstić information content (AvgIpc) is 2.79. The minimum absolute atomic E-state index is 0. The van der Waals surface area contributed by atoms with Crippen molar-refractivity contribution in [2.75, 3.05) is 55.3 Å². The van der Waals surface area contributed by atoms with Crippen LogP contribution in [0.1, 0.15) is 30.1 Å². The molecule has 1 saturated heterocycles. The summed E-state index contributed by atoms with van der Waals surface area (Å²) in [5.41, 5.74) is 2.60. The lowest BCUT2D eigenvalue weighted by molar-refractivity contribution is -0.113. The lowest BCUT2D eigenvalue weighted by Gasteiger charge is -2.36. The van der Waals surface area contributed by atoms with Crippen LogP contribution in [0.4, 0.5) is 11.4 Å². The molecule has 0 radical (unpaired) electrons. The molecule has 0 saturated carbocycles. The van der Waals surface area contributed by atoms with E-state index in [4.69, 9.17) is 4.74 Å². The summed E-state index contributed by atoms with van der Waals surface area (Å²) >= 11 is 1.51. The molecule has 4 rings (SSSR count). The summed E-state index contributed by atoms with van der Waals surface area (Å²) in [6.45, 7) is 7.48. The standard InChI is InChI=1S/C24H29N3O3S.ClH/c1-2-30-22-8-4-3-6-20(22)27-14-12-26(13-15-27)11-5-7-21(28)18-9-10-23-19(16-18)25-24(29)17-31-23;/h3-4,6,8-10,16H,2,5,7,11-15,17H2,1H3,(H,25,29);1H. The van der Waals surface area contributed by atoms with E-state index in [0.29, 0.717) is 24.3 Å². The van der Waals surface area contributed by atoms with Crippen molar-refractivity contribution in [3.05, 3.63) is 48.0 Å². The van der Waals surface area contributed by atoms with E-state index in [2.05, 4.69) is 27.2 Å². The van der Waals surface area contributed by atoms with Gasteiger partial charge in [-0.05, 0) is 44.2 Å². The number of carbonyl (C=O) groups is 2. The maximum atomic E-state index is 12.6. The van der Waals surface area contributed by atoms with Crippen molar-refractivity contribution in [3.8, 4) is 5.75 Å². The van der Waals surface area contributed by atoms with Crippen molar-refractivity contribution < 1.29 is 14.3 Å². The predicted octanol–water partition coefficient (Wildman–Crippen LogP) is 4.34. The van der Waals surface area contributed by atoms with Crippen LogP contribution in [-0.2, 0) is 4.79 Å². The summed E-state index contributed by atoms with van der Waals surface area (Å²) in [5, 5.41) is 2.86. The largest absolute Gasteiger partial charge is 0.492 e. The van der Waals surface area contributed by atoms with Crippen LogP contribution < -0.4 is 15.0 Å². The maximum Gasteiger partial charge on any atom is 0.234 e. The first-order valence-electron chi connectivity index (χ1n) is 10.9. The lowest BCUT2D eigenvalue weighted by Crippen LogP contribution is -2.46. The van der Waals surface area contributed by atoms with Crippen LogP contribution >= 0.6 is 24.2 Å². The SMILES string of the molecule is CCOc1ccccc1N1CCN(CCCC(=O)c2ccc3c(c2)NC(=O)CS3)CC1.Cl. The summed E-state index contributed by atoms with van der Waals surface area (Å²) in [6.07, 6.45) is 1.36. The predicted molar refractivity (Wildman–Crippen MR) is 133 cm³/mol. The number of halogens is 1. The van der Waals surface area contributed by atoms with Gasteiger partial charge in [0.1, 0.15) is 5.75 Å². The Hall–Kier alpha value is -2.22. The fourth-order valence-corrected chi connectivity index (χ4v) is 4.86. The molecule has 8 heteroatoms. The van der Waals surface area contributed by atoms with Crippen LogP contribution in [-0.4, -0.2) is 61.7 Å². The molecule has 0 spiro atoms. The van der Waals surface area contributed by atoms with Gasteiger partial charge in [-0.1, -0.05) is 18.2 Å². The Morgan fingerprint density at radius 1 is 1.12 bits per heavy atom. The zero-order valence-corrected chi connectivity index (χ0v) is 20.0. The molecule has 6 nitrogen and oxygen atoms in total. The molecule has 2 aliphatic rings. The highest BCUT2D eigenvalue weighted by Gasteiger charge is 2.20. The quantitative estimate of drug-likeness (QED) is 0.573. The van der Waals surface area contributed by atoms with Crippen LogP contribution in [0.3, 0.4) is 0 Å². The molecule has 2 aromatic rings. The van der Waals surface area contributed by atoms with Gasteiger partial charge in [0.15, 0.2) is 5.78 Å². The average molecular weight is 476 g/mol. The van der Waals surface area contributed by atoms with Gasteiger partial charge in [0, 0.05) is 43.1 Å². The summed E-state index contributed by atoms with van der Waals surface area (Å²) < 4.78 is 5.77. The number of Topliss-reactive ketones (excluding diaryl/α,β-unsaturated/α-hetero) is 1. The number of nitrogens with one attached hydrogen (secondary N) is 1. The number of para-hydroxylation sites is 2. The van der Waals surface area contributed by atoms with E-state index in [1.165, 1.54) is 11.8 Å². The Morgan fingerprint density at radius 2 is 1.91 bits per heavy atom. The Labute approximate surface area is 200 Å². The second kappa shape index (κ2) is 11.6. The highest BCUT2D eigenvalue weighted by atomic mass is 35.5. The molecule has 172 valence electrons. The van der Waals surface area contributed by atoms with Gasteiger partial charge in [0.05, 0.1) is 23.7 Å². The van der Waals surface area contributed by atoms with Crippen molar-refractivity contribution in [2.45, 2.75) is 24.7 Å². The Morgan fingerprint density at radius 3 is 2.69 bits per heavy atom. The first kappa shape index (κ1) is 24.4. The number of amides is 1. The van der Waals surface area contributed by atoms with Gasteiger partial charge in [0.2, 0.25) is 5.91 Å². The zero-order valence-electron chi connectivity index (χ0n) is 18.3. The van der Waals surface area contributed by atoms with Crippen molar-refractivity contribution in [1.29, 1.82) is 0 Å². The fraction of sp³-hybridized carbons (Fsp3) is 0.417. The van der Waals surface area contributed by atoms with E-state index < -0.39 is 0 Å². The number of anilines is 2. The second-order valence-corrected chi connectivity index (χ2v) is 8.82. The summed E-state index contributed by atoms with van der Waals surface area (Å²) in [7, 11) is 0. The number of fused-ring (bicyclic) bond motifs is 1. The highest BCUT2D eigenvalue weighted by molar-refractivity contribution is 8.00. The van der Waals surface area contributed by atoms with Gasteiger partial charge in [-0.3, -0.25) is 14.5 Å². The number of benzene rings is 2. The molecule has 0 bridgehead atoms. The van der Waals surface area contributed by atoms with E-state index in [1.807, 2.05) is 37.3 Å². The number of rotatable bonds is 8. The van der Waals surface area contributed by atoms with Crippen LogP contribution in [0, 0.1) is 0 Å². The zero-order chi connectivity index (χ0) is 21.6. The third kappa shape index (κ3) is 5.97. The Bertz CT molecular complexity index is 948. The lowest BCUT2D eigenvalue weighted by atomic mass is 10.1. The number of nitrogens with zero attached hydrogens (tertiary/aromatic N) is 2. The summed E-state index contributed by atoms with van der Waals surface area (Å²) in [5.74, 6) is 1.51. The van der Waals surface area contributed by atoms with E-state index in [-0.39, 0.29) is 24.1 Å². The molecule has 0 aliphatic carbocycles. The molecule has 1 N–H and O–H groups in total. The number of thioether (sulfide) groups is 1. The molecule has 0 atom stereocenters. The molecule has 0 unspecified atom stereocenters. The summed E-state index contributed by atoms with van der Waals surface area (Å²) in [4.78, 5) is 30.1. The fourth-order valence-electron chi connectivity index (χ4n) is 4.07. The van der Waals surface area contributed by atoms with E-state index in [1.54, 1.807) is 0 Å². The third-order valence-corrected chi connectivity index (χ3v) is 6.76. The van der Waals surface area contributed by atoms with Gasteiger partial charge in [-0.25, -0.2) is 0 Å².